The summed E-state index contributed by atoms with van der Waals surface area (Å²) in [6.45, 7) is 7.61. The molecule has 0 fully saturated rings. The summed E-state index contributed by atoms with van der Waals surface area (Å²) < 4.78 is 6.15. The third-order valence-corrected chi connectivity index (χ3v) is 5.00. The summed E-state index contributed by atoms with van der Waals surface area (Å²) in [6.07, 6.45) is 16.5. The highest BCUT2D eigenvalue weighted by molar-refractivity contribution is 5.31. The molecule has 0 aromatic heterocycles. The van der Waals surface area contributed by atoms with Crippen LogP contribution < -0.4 is 4.74 Å². The highest BCUT2D eigenvalue weighted by atomic mass is 16.5. The van der Waals surface area contributed by atoms with Gasteiger partial charge in [0.15, 0.2) is 0 Å². The van der Waals surface area contributed by atoms with Gasteiger partial charge in [0.2, 0.25) is 0 Å². The molecule has 1 rings (SSSR count). The molecule has 0 radical (unpaired) electrons. The lowest BCUT2D eigenvalue weighted by atomic mass is 9.95. The van der Waals surface area contributed by atoms with E-state index < -0.39 is 0 Å². The first kappa shape index (κ1) is 21.1. The monoisotopic (exact) mass is 332 g/mol. The Morgan fingerprint density at radius 2 is 1.29 bits per heavy atom. The Hall–Kier alpha value is -0.980. The van der Waals surface area contributed by atoms with E-state index in [1.165, 1.54) is 82.6 Å². The lowest BCUT2D eigenvalue weighted by Crippen LogP contribution is -2.13. The van der Waals surface area contributed by atoms with Crippen molar-refractivity contribution in [3.05, 3.63) is 29.8 Å². The van der Waals surface area contributed by atoms with E-state index in [0.29, 0.717) is 0 Å². The fraction of sp³-hybridized carbons (Fsp3) is 0.739. The first-order valence-corrected chi connectivity index (χ1v) is 10.5. The number of benzene rings is 1. The molecule has 0 heterocycles. The van der Waals surface area contributed by atoms with Gasteiger partial charge in [-0.2, -0.15) is 0 Å². The van der Waals surface area contributed by atoms with Crippen LogP contribution >= 0.6 is 0 Å². The van der Waals surface area contributed by atoms with Gasteiger partial charge in [-0.05, 0) is 37.3 Å². The molecule has 0 aliphatic carbocycles. The maximum Gasteiger partial charge on any atom is 0.122 e. The minimum Gasteiger partial charge on any atom is -0.493 e. The summed E-state index contributed by atoms with van der Waals surface area (Å²) in [7, 11) is 0. The molecule has 1 aromatic rings. The van der Waals surface area contributed by atoms with Crippen LogP contribution in [0.5, 0.6) is 5.75 Å². The van der Waals surface area contributed by atoms with Gasteiger partial charge in [-0.3, -0.25) is 0 Å². The summed E-state index contributed by atoms with van der Waals surface area (Å²) in [5.74, 6) is 1.80. The summed E-state index contributed by atoms with van der Waals surface area (Å²) in [6, 6.07) is 8.40. The molecule has 0 saturated heterocycles. The molecular weight excluding hydrogens is 292 g/mol. The fourth-order valence-corrected chi connectivity index (χ4v) is 3.31. The average molecular weight is 333 g/mol. The Labute approximate surface area is 151 Å². The van der Waals surface area contributed by atoms with Crippen LogP contribution in [0, 0.1) is 12.8 Å². The van der Waals surface area contributed by atoms with Crippen LogP contribution in [0.4, 0.5) is 0 Å². The van der Waals surface area contributed by atoms with Crippen molar-refractivity contribution in [3.8, 4) is 5.75 Å². The summed E-state index contributed by atoms with van der Waals surface area (Å²) >= 11 is 0. The second-order valence-electron chi connectivity index (χ2n) is 7.35. The third-order valence-electron chi connectivity index (χ3n) is 5.00. The van der Waals surface area contributed by atoms with E-state index in [1.807, 2.05) is 0 Å². The Morgan fingerprint density at radius 3 is 1.92 bits per heavy atom. The van der Waals surface area contributed by atoms with E-state index >= 15 is 0 Å². The summed E-state index contributed by atoms with van der Waals surface area (Å²) in [4.78, 5) is 0. The SMILES string of the molecule is CCCCCCCCC(CCCCCC)COc1ccccc1C. The minimum atomic E-state index is 0.729. The predicted molar refractivity (Wildman–Crippen MR) is 107 cm³/mol. The highest BCUT2D eigenvalue weighted by Gasteiger charge is 2.10. The second kappa shape index (κ2) is 14.4. The normalized spacial score (nSPS) is 12.3. The first-order chi connectivity index (χ1) is 11.8. The molecule has 0 saturated carbocycles. The summed E-state index contributed by atoms with van der Waals surface area (Å²) in [5.41, 5.74) is 1.25. The lowest BCUT2D eigenvalue weighted by molar-refractivity contribution is 0.223. The lowest BCUT2D eigenvalue weighted by Gasteiger charge is -2.18. The zero-order chi connectivity index (χ0) is 17.5. The molecule has 0 aliphatic rings. The van der Waals surface area contributed by atoms with E-state index in [1.54, 1.807) is 0 Å². The molecule has 1 nitrogen and oxygen atoms in total. The molecule has 0 N–H and O–H groups in total. The van der Waals surface area contributed by atoms with E-state index in [2.05, 4.69) is 45.0 Å². The smallest absolute Gasteiger partial charge is 0.122 e. The van der Waals surface area contributed by atoms with Crippen LogP contribution in [-0.4, -0.2) is 6.61 Å². The third kappa shape index (κ3) is 10.0. The molecule has 0 spiro atoms. The number of para-hydroxylation sites is 1. The highest BCUT2D eigenvalue weighted by Crippen LogP contribution is 2.22. The number of aryl methyl sites for hydroxylation is 1. The molecule has 1 aromatic carbocycles. The molecule has 1 heteroatoms. The van der Waals surface area contributed by atoms with Crippen LogP contribution in [0.25, 0.3) is 0 Å². The quantitative estimate of drug-likeness (QED) is 0.299. The number of hydrogen-bond donors (Lipinski definition) is 0. The van der Waals surface area contributed by atoms with E-state index in [0.717, 1.165) is 18.3 Å². The molecular formula is C23H40O. The van der Waals surface area contributed by atoms with Crippen molar-refractivity contribution in [3.63, 3.8) is 0 Å². The van der Waals surface area contributed by atoms with E-state index in [4.69, 9.17) is 4.74 Å². The molecule has 0 aliphatic heterocycles. The maximum atomic E-state index is 6.15. The number of ether oxygens (including phenoxy) is 1. The number of unbranched alkanes of at least 4 members (excludes halogenated alkanes) is 8. The van der Waals surface area contributed by atoms with E-state index in [-0.39, 0.29) is 0 Å². The van der Waals surface area contributed by atoms with E-state index in [9.17, 15) is 0 Å². The van der Waals surface area contributed by atoms with Gasteiger partial charge in [0.25, 0.3) is 0 Å². The van der Waals surface area contributed by atoms with Crippen molar-refractivity contribution < 1.29 is 4.74 Å². The Morgan fingerprint density at radius 1 is 0.750 bits per heavy atom. The molecule has 1 atom stereocenters. The maximum absolute atomic E-state index is 6.15. The van der Waals surface area contributed by atoms with Crippen molar-refractivity contribution in [1.29, 1.82) is 0 Å². The Kier molecular flexibility index (Phi) is 12.6. The largest absolute Gasteiger partial charge is 0.493 e. The Balaban J connectivity index is 2.32. The van der Waals surface area contributed by atoms with Gasteiger partial charge in [-0.1, -0.05) is 96.3 Å². The van der Waals surface area contributed by atoms with Crippen LogP contribution in [0.3, 0.4) is 0 Å². The van der Waals surface area contributed by atoms with Crippen molar-refractivity contribution >= 4 is 0 Å². The first-order valence-electron chi connectivity index (χ1n) is 10.5. The summed E-state index contributed by atoms with van der Waals surface area (Å²) in [5, 5.41) is 0. The van der Waals surface area contributed by atoms with Gasteiger partial charge >= 0.3 is 0 Å². The standard InChI is InChI=1S/C23H40O/c1-4-6-8-10-11-13-18-22(17-12-9-7-5-2)20-24-23-19-15-14-16-21(23)3/h14-16,19,22H,4-13,17-18,20H2,1-3H3. The van der Waals surface area contributed by atoms with Crippen molar-refractivity contribution in [2.75, 3.05) is 6.61 Å². The van der Waals surface area contributed by atoms with Gasteiger partial charge in [0.05, 0.1) is 6.61 Å². The topological polar surface area (TPSA) is 9.23 Å². The Bertz CT molecular complexity index is 399. The molecule has 138 valence electrons. The van der Waals surface area contributed by atoms with Crippen LogP contribution in [0.2, 0.25) is 0 Å². The fourth-order valence-electron chi connectivity index (χ4n) is 3.31. The molecule has 0 bridgehead atoms. The van der Waals surface area contributed by atoms with Gasteiger partial charge in [0, 0.05) is 0 Å². The zero-order valence-corrected chi connectivity index (χ0v) is 16.5. The van der Waals surface area contributed by atoms with Gasteiger partial charge in [-0.25, -0.2) is 0 Å². The number of hydrogen-bond acceptors (Lipinski definition) is 1. The van der Waals surface area contributed by atoms with Gasteiger partial charge in [0.1, 0.15) is 5.75 Å². The van der Waals surface area contributed by atoms with Gasteiger partial charge < -0.3 is 4.74 Å². The predicted octanol–water partition coefficient (Wildman–Crippen LogP) is 7.71. The number of rotatable bonds is 15. The van der Waals surface area contributed by atoms with Crippen LogP contribution in [-0.2, 0) is 0 Å². The van der Waals surface area contributed by atoms with Gasteiger partial charge in [-0.15, -0.1) is 0 Å². The second-order valence-corrected chi connectivity index (χ2v) is 7.35. The molecule has 0 amide bonds. The average Bonchev–Trinajstić information content (AvgIpc) is 2.60. The molecule has 1 unspecified atom stereocenters. The minimum absolute atomic E-state index is 0.729. The van der Waals surface area contributed by atoms with Crippen LogP contribution in [0.1, 0.15) is 96.5 Å². The van der Waals surface area contributed by atoms with Crippen molar-refractivity contribution in [2.45, 2.75) is 97.8 Å². The molecule has 24 heavy (non-hydrogen) atoms. The van der Waals surface area contributed by atoms with Crippen molar-refractivity contribution in [1.82, 2.24) is 0 Å². The van der Waals surface area contributed by atoms with Crippen LogP contribution in [0.15, 0.2) is 24.3 Å². The van der Waals surface area contributed by atoms with Crippen molar-refractivity contribution in [2.24, 2.45) is 5.92 Å². The zero-order valence-electron chi connectivity index (χ0n) is 16.5.